The van der Waals surface area contributed by atoms with Crippen LogP contribution in [0.5, 0.6) is 0 Å². The lowest BCUT2D eigenvalue weighted by Gasteiger charge is -2.32. The van der Waals surface area contributed by atoms with Gasteiger partial charge in [0, 0.05) is 25.6 Å². The Morgan fingerprint density at radius 3 is 2.83 bits per heavy atom. The molecule has 1 N–H and O–H groups in total. The van der Waals surface area contributed by atoms with Gasteiger partial charge in [-0.15, -0.1) is 10.2 Å². The summed E-state index contributed by atoms with van der Waals surface area (Å²) >= 11 is 1.70. The maximum Gasteiger partial charge on any atom is 0.326 e. The van der Waals surface area contributed by atoms with Gasteiger partial charge in [0.15, 0.2) is 0 Å². The summed E-state index contributed by atoms with van der Waals surface area (Å²) < 4.78 is 1.93. The van der Waals surface area contributed by atoms with Crippen LogP contribution in [-0.4, -0.2) is 32.8 Å². The van der Waals surface area contributed by atoms with Crippen LogP contribution in [0.4, 0.5) is 5.13 Å². The molecular weight excluding hydrogens is 322 g/mol. The molecule has 0 unspecified atom stereocenters. The number of hydrogen-bond acceptors (Lipinski definition) is 5. The number of imidazole rings is 1. The van der Waals surface area contributed by atoms with Crippen molar-refractivity contribution in [1.29, 1.82) is 0 Å². The normalized spacial score (nSPS) is 16.1. The lowest BCUT2D eigenvalue weighted by Crippen LogP contribution is -2.37. The fraction of sp³-hybridized carbons (Fsp3) is 0.471. The van der Waals surface area contributed by atoms with E-state index in [4.69, 9.17) is 0 Å². The van der Waals surface area contributed by atoms with Gasteiger partial charge in [-0.05, 0) is 31.4 Å². The summed E-state index contributed by atoms with van der Waals surface area (Å²) in [5.41, 5.74) is 1.91. The molecule has 4 rings (SSSR count). The highest BCUT2D eigenvalue weighted by Crippen LogP contribution is 2.29. The number of rotatable bonds is 4. The molecule has 3 heterocycles. The fourth-order valence-corrected chi connectivity index (χ4v) is 4.43. The third-order valence-electron chi connectivity index (χ3n) is 4.64. The van der Waals surface area contributed by atoms with E-state index in [-0.39, 0.29) is 11.7 Å². The lowest BCUT2D eigenvalue weighted by molar-refractivity contribution is 0.396. The Morgan fingerprint density at radius 1 is 1.25 bits per heavy atom. The highest BCUT2D eigenvalue weighted by molar-refractivity contribution is 7.15. The molecule has 1 aromatic carbocycles. The molecule has 2 aromatic heterocycles. The maximum absolute atomic E-state index is 12.3. The molecule has 0 aliphatic carbocycles. The molecule has 0 amide bonds. The van der Waals surface area contributed by atoms with Crippen LogP contribution in [0.2, 0.25) is 0 Å². The van der Waals surface area contributed by atoms with Crippen molar-refractivity contribution in [2.45, 2.75) is 38.6 Å². The van der Waals surface area contributed by atoms with Crippen LogP contribution >= 0.6 is 11.3 Å². The van der Waals surface area contributed by atoms with Gasteiger partial charge in [-0.25, -0.2) is 4.79 Å². The molecule has 1 aliphatic rings. The van der Waals surface area contributed by atoms with Crippen molar-refractivity contribution in [3.8, 4) is 0 Å². The topological polar surface area (TPSA) is 66.8 Å². The number of benzene rings is 1. The Hall–Kier alpha value is -2.15. The third-order valence-corrected chi connectivity index (χ3v) is 5.69. The van der Waals surface area contributed by atoms with Gasteiger partial charge in [0.05, 0.1) is 11.0 Å². The number of aromatic nitrogens is 4. The standard InChI is InChI=1S/C17H21N5OS/c1-2-5-15-19-20-17(24-15)21-10-8-12(9-11-21)22-14-7-4-3-6-13(14)18-16(22)23/h3-4,6-7,12H,2,5,8-11H2,1H3,(H,18,23). The van der Waals surface area contributed by atoms with Crippen molar-refractivity contribution in [3.63, 3.8) is 0 Å². The fourth-order valence-electron chi connectivity index (χ4n) is 3.44. The average molecular weight is 343 g/mol. The van der Waals surface area contributed by atoms with Crippen LogP contribution in [-0.2, 0) is 6.42 Å². The van der Waals surface area contributed by atoms with Gasteiger partial charge >= 0.3 is 5.69 Å². The first-order valence-electron chi connectivity index (χ1n) is 8.53. The Labute approximate surface area is 144 Å². The summed E-state index contributed by atoms with van der Waals surface area (Å²) in [6, 6.07) is 8.15. The molecule has 0 spiro atoms. The number of piperidine rings is 1. The smallest absolute Gasteiger partial charge is 0.326 e. The van der Waals surface area contributed by atoms with E-state index in [1.807, 2.05) is 28.8 Å². The minimum absolute atomic E-state index is 0.00389. The predicted octanol–water partition coefficient (Wildman–Crippen LogP) is 2.98. The van der Waals surface area contributed by atoms with E-state index in [1.54, 1.807) is 11.3 Å². The number of H-pyrrole nitrogens is 1. The number of anilines is 1. The summed E-state index contributed by atoms with van der Waals surface area (Å²) in [6.45, 7) is 3.99. The summed E-state index contributed by atoms with van der Waals surface area (Å²) in [5, 5.41) is 10.7. The van der Waals surface area contributed by atoms with Gasteiger partial charge in [-0.2, -0.15) is 0 Å². The Morgan fingerprint density at radius 2 is 2.04 bits per heavy atom. The zero-order valence-corrected chi connectivity index (χ0v) is 14.6. The second-order valence-electron chi connectivity index (χ2n) is 6.26. The number of nitrogens with zero attached hydrogens (tertiary/aromatic N) is 4. The van der Waals surface area contributed by atoms with E-state index in [1.165, 1.54) is 0 Å². The first kappa shape index (κ1) is 15.4. The molecule has 1 saturated heterocycles. The van der Waals surface area contributed by atoms with Crippen LogP contribution in [0, 0.1) is 0 Å². The van der Waals surface area contributed by atoms with Crippen LogP contribution in [0.3, 0.4) is 0 Å². The Kier molecular flexibility index (Phi) is 4.10. The molecule has 1 fully saturated rings. The first-order chi connectivity index (χ1) is 11.8. The number of hydrogen-bond donors (Lipinski definition) is 1. The van der Waals surface area contributed by atoms with Crippen LogP contribution in [0.1, 0.15) is 37.2 Å². The number of aromatic amines is 1. The SMILES string of the molecule is CCCc1nnc(N2CCC(n3c(=O)[nH]c4ccccc43)CC2)s1. The second-order valence-corrected chi connectivity index (χ2v) is 7.30. The van der Waals surface area contributed by atoms with Crippen molar-refractivity contribution >= 4 is 27.5 Å². The molecule has 24 heavy (non-hydrogen) atoms. The highest BCUT2D eigenvalue weighted by atomic mass is 32.1. The van der Waals surface area contributed by atoms with E-state index in [0.29, 0.717) is 0 Å². The predicted molar refractivity (Wildman–Crippen MR) is 96.9 cm³/mol. The molecule has 0 bridgehead atoms. The van der Waals surface area contributed by atoms with E-state index in [9.17, 15) is 4.79 Å². The van der Waals surface area contributed by atoms with Gasteiger partial charge in [0.2, 0.25) is 5.13 Å². The molecule has 7 heteroatoms. The first-order valence-corrected chi connectivity index (χ1v) is 9.34. The molecule has 0 radical (unpaired) electrons. The largest absolute Gasteiger partial charge is 0.347 e. The van der Waals surface area contributed by atoms with E-state index < -0.39 is 0 Å². The van der Waals surface area contributed by atoms with E-state index >= 15 is 0 Å². The molecule has 126 valence electrons. The summed E-state index contributed by atoms with van der Waals surface area (Å²) in [4.78, 5) is 17.6. The lowest BCUT2D eigenvalue weighted by atomic mass is 10.1. The minimum Gasteiger partial charge on any atom is -0.347 e. The van der Waals surface area contributed by atoms with Crippen LogP contribution in [0.25, 0.3) is 11.0 Å². The van der Waals surface area contributed by atoms with E-state index in [0.717, 1.165) is 59.9 Å². The second kappa shape index (κ2) is 6.39. The van der Waals surface area contributed by atoms with Crippen molar-refractivity contribution in [2.75, 3.05) is 18.0 Å². The van der Waals surface area contributed by atoms with Crippen molar-refractivity contribution in [3.05, 3.63) is 39.8 Å². The number of fused-ring (bicyclic) bond motifs is 1. The third kappa shape index (κ3) is 2.73. The molecule has 3 aromatic rings. The van der Waals surface area contributed by atoms with Gasteiger partial charge < -0.3 is 9.88 Å². The number of nitrogens with one attached hydrogen (secondary N) is 1. The summed E-state index contributed by atoms with van der Waals surface area (Å²) in [5.74, 6) is 0. The van der Waals surface area contributed by atoms with Gasteiger partial charge in [0.1, 0.15) is 5.01 Å². The van der Waals surface area contributed by atoms with Crippen LogP contribution < -0.4 is 10.6 Å². The average Bonchev–Trinajstić information content (AvgIpc) is 3.19. The van der Waals surface area contributed by atoms with Gasteiger partial charge in [0.25, 0.3) is 0 Å². The number of para-hydroxylation sites is 2. The number of aryl methyl sites for hydroxylation is 1. The summed E-state index contributed by atoms with van der Waals surface area (Å²) in [6.07, 6.45) is 3.99. The van der Waals surface area contributed by atoms with Crippen LogP contribution in [0.15, 0.2) is 29.1 Å². The van der Waals surface area contributed by atoms with Crippen molar-refractivity contribution in [1.82, 2.24) is 19.7 Å². The highest BCUT2D eigenvalue weighted by Gasteiger charge is 2.25. The molecule has 6 nitrogen and oxygen atoms in total. The zero-order chi connectivity index (χ0) is 16.5. The summed E-state index contributed by atoms with van der Waals surface area (Å²) in [7, 11) is 0. The maximum atomic E-state index is 12.3. The molecule has 1 aliphatic heterocycles. The van der Waals surface area contributed by atoms with Crippen molar-refractivity contribution in [2.24, 2.45) is 0 Å². The van der Waals surface area contributed by atoms with Crippen molar-refractivity contribution < 1.29 is 0 Å². The Balaban J connectivity index is 1.51. The molecule has 0 atom stereocenters. The molecular formula is C17H21N5OS. The monoisotopic (exact) mass is 343 g/mol. The Bertz CT molecular complexity index is 888. The molecule has 0 saturated carbocycles. The quantitative estimate of drug-likeness (QED) is 0.791. The minimum atomic E-state index is -0.00389. The van der Waals surface area contributed by atoms with Gasteiger partial charge in [-0.1, -0.05) is 30.4 Å². The van der Waals surface area contributed by atoms with Gasteiger partial charge in [-0.3, -0.25) is 4.57 Å². The van der Waals surface area contributed by atoms with E-state index in [2.05, 4.69) is 27.0 Å². The zero-order valence-electron chi connectivity index (χ0n) is 13.7.